The smallest absolute Gasteiger partial charge is 0.321 e. The molecule has 1 atom stereocenters. The summed E-state index contributed by atoms with van der Waals surface area (Å²) in [5.74, 6) is 0.0533. The number of nitrogens with one attached hydrogen (secondary N) is 2. The predicted molar refractivity (Wildman–Crippen MR) is 89.3 cm³/mol. The monoisotopic (exact) mass is 375 g/mol. The van der Waals surface area contributed by atoms with Crippen LogP contribution in [0.3, 0.4) is 0 Å². The van der Waals surface area contributed by atoms with Crippen molar-refractivity contribution in [3.8, 4) is 0 Å². The van der Waals surface area contributed by atoms with Gasteiger partial charge in [0.2, 0.25) is 5.91 Å². The van der Waals surface area contributed by atoms with Crippen LogP contribution in [0.5, 0.6) is 0 Å². The van der Waals surface area contributed by atoms with Crippen molar-refractivity contribution >= 4 is 39.2 Å². The molecular formula is C14H22BrN3O2S. The number of urea groups is 1. The zero-order chi connectivity index (χ0) is 16.0. The van der Waals surface area contributed by atoms with Crippen LogP contribution < -0.4 is 10.6 Å². The van der Waals surface area contributed by atoms with Crippen LogP contribution in [0.1, 0.15) is 25.6 Å². The van der Waals surface area contributed by atoms with Crippen LogP contribution in [0.15, 0.2) is 15.9 Å². The summed E-state index contributed by atoms with van der Waals surface area (Å²) in [5.41, 5.74) is 0. The Morgan fingerprint density at radius 3 is 2.52 bits per heavy atom. The van der Waals surface area contributed by atoms with Gasteiger partial charge in [0.1, 0.15) is 0 Å². The highest BCUT2D eigenvalue weighted by atomic mass is 79.9. The first kappa shape index (κ1) is 18.1. The zero-order valence-electron chi connectivity index (χ0n) is 12.8. The molecule has 7 heteroatoms. The fourth-order valence-electron chi connectivity index (χ4n) is 1.58. The van der Waals surface area contributed by atoms with E-state index in [1.165, 1.54) is 0 Å². The number of hydrogen-bond donors (Lipinski definition) is 2. The Kier molecular flexibility index (Phi) is 7.34. The molecule has 1 unspecified atom stereocenters. The molecule has 0 fully saturated rings. The molecule has 0 spiro atoms. The molecule has 21 heavy (non-hydrogen) atoms. The van der Waals surface area contributed by atoms with E-state index in [0.717, 1.165) is 8.66 Å². The van der Waals surface area contributed by atoms with E-state index in [0.29, 0.717) is 19.0 Å². The quantitative estimate of drug-likeness (QED) is 0.803. The van der Waals surface area contributed by atoms with Crippen LogP contribution >= 0.6 is 27.3 Å². The molecule has 1 aromatic heterocycles. The lowest BCUT2D eigenvalue weighted by atomic mass is 10.2. The van der Waals surface area contributed by atoms with Crippen LogP contribution in [0.25, 0.3) is 0 Å². The molecule has 0 radical (unpaired) electrons. The van der Waals surface area contributed by atoms with E-state index in [4.69, 9.17) is 0 Å². The number of hydrogen-bond acceptors (Lipinski definition) is 4. The Balaban J connectivity index is 2.43. The van der Waals surface area contributed by atoms with Crippen molar-refractivity contribution < 1.29 is 9.59 Å². The van der Waals surface area contributed by atoms with E-state index >= 15 is 0 Å². The summed E-state index contributed by atoms with van der Waals surface area (Å²) in [4.78, 5) is 26.7. The number of amides is 3. The molecule has 2 N–H and O–H groups in total. The Morgan fingerprint density at radius 1 is 1.33 bits per heavy atom. The van der Waals surface area contributed by atoms with Gasteiger partial charge in [0.25, 0.3) is 0 Å². The highest BCUT2D eigenvalue weighted by Crippen LogP contribution is 2.23. The molecule has 1 heterocycles. The van der Waals surface area contributed by atoms with Crippen LogP contribution in [0, 0.1) is 5.92 Å². The number of carbonyl (C=O) groups is 2. The lowest BCUT2D eigenvalue weighted by Gasteiger charge is -2.23. The lowest BCUT2D eigenvalue weighted by molar-refractivity contribution is -0.124. The van der Waals surface area contributed by atoms with E-state index in [2.05, 4.69) is 26.6 Å². The third-order valence-electron chi connectivity index (χ3n) is 2.98. The van der Waals surface area contributed by atoms with Crippen molar-refractivity contribution in [3.05, 3.63) is 20.8 Å². The van der Waals surface area contributed by atoms with Gasteiger partial charge in [-0.3, -0.25) is 15.0 Å². The molecule has 5 nitrogen and oxygen atoms in total. The number of thiophene rings is 1. The molecule has 0 aromatic carbocycles. The Bertz CT molecular complexity index is 490. The molecule has 0 aliphatic rings. The minimum Gasteiger partial charge on any atom is -0.338 e. The number of halogens is 1. The largest absolute Gasteiger partial charge is 0.338 e. The van der Waals surface area contributed by atoms with Crippen molar-refractivity contribution in [2.75, 3.05) is 13.6 Å². The molecule has 118 valence electrons. The average molecular weight is 376 g/mol. The number of nitrogens with zero attached hydrogens (tertiary/aromatic N) is 1. The summed E-state index contributed by atoms with van der Waals surface area (Å²) >= 11 is 5.05. The average Bonchev–Trinajstić information content (AvgIpc) is 2.80. The van der Waals surface area contributed by atoms with Crippen LogP contribution in [0.4, 0.5) is 4.79 Å². The topological polar surface area (TPSA) is 61.4 Å². The summed E-state index contributed by atoms with van der Waals surface area (Å²) in [6, 6.07) is 3.19. The molecule has 0 aliphatic heterocycles. The number of imide groups is 1. The second kappa shape index (κ2) is 8.51. The van der Waals surface area contributed by atoms with Gasteiger partial charge in [-0.2, -0.15) is 0 Å². The van der Waals surface area contributed by atoms with Gasteiger partial charge >= 0.3 is 6.03 Å². The summed E-state index contributed by atoms with van der Waals surface area (Å²) < 4.78 is 1.07. The Labute approximate surface area is 138 Å². The fraction of sp³-hybridized carbons (Fsp3) is 0.571. The molecule has 0 aliphatic carbocycles. The van der Waals surface area contributed by atoms with E-state index in [-0.39, 0.29) is 11.9 Å². The zero-order valence-corrected chi connectivity index (χ0v) is 15.2. The van der Waals surface area contributed by atoms with Crippen LogP contribution in [0.2, 0.25) is 0 Å². The summed E-state index contributed by atoms with van der Waals surface area (Å²) in [7, 11) is 1.86. The molecule has 0 saturated carbocycles. The molecular weight excluding hydrogens is 354 g/mol. The molecule has 1 aromatic rings. The number of rotatable bonds is 6. The van der Waals surface area contributed by atoms with Crippen LogP contribution in [-0.4, -0.2) is 36.5 Å². The van der Waals surface area contributed by atoms with Crippen LogP contribution in [-0.2, 0) is 11.3 Å². The van der Waals surface area contributed by atoms with E-state index in [1.807, 2.05) is 37.9 Å². The molecule has 1 rings (SSSR count). The van der Waals surface area contributed by atoms with Gasteiger partial charge in [-0.25, -0.2) is 4.79 Å². The highest BCUT2D eigenvalue weighted by Gasteiger charge is 2.20. The third kappa shape index (κ3) is 6.58. The minimum atomic E-state index is -0.437. The summed E-state index contributed by atoms with van der Waals surface area (Å²) in [6.45, 7) is 6.99. The normalized spacial score (nSPS) is 12.5. The Morgan fingerprint density at radius 2 is 2.00 bits per heavy atom. The first-order valence-corrected chi connectivity index (χ1v) is 8.43. The molecule has 0 bridgehead atoms. The highest BCUT2D eigenvalue weighted by molar-refractivity contribution is 9.11. The van der Waals surface area contributed by atoms with E-state index in [1.54, 1.807) is 18.3 Å². The van der Waals surface area contributed by atoms with Crippen molar-refractivity contribution in [2.45, 2.75) is 33.4 Å². The van der Waals surface area contributed by atoms with E-state index < -0.39 is 6.03 Å². The van der Waals surface area contributed by atoms with Gasteiger partial charge in [0.15, 0.2) is 0 Å². The van der Waals surface area contributed by atoms with Gasteiger partial charge in [-0.1, -0.05) is 13.8 Å². The predicted octanol–water partition coefficient (Wildman–Crippen LogP) is 2.81. The van der Waals surface area contributed by atoms with Crippen molar-refractivity contribution in [3.63, 3.8) is 0 Å². The van der Waals surface area contributed by atoms with Crippen molar-refractivity contribution in [1.29, 1.82) is 0 Å². The van der Waals surface area contributed by atoms with Gasteiger partial charge in [-0.15, -0.1) is 11.3 Å². The van der Waals surface area contributed by atoms with Gasteiger partial charge in [0.05, 0.1) is 9.83 Å². The second-order valence-electron chi connectivity index (χ2n) is 5.39. The van der Waals surface area contributed by atoms with Gasteiger partial charge < -0.3 is 5.32 Å². The number of likely N-dealkylation sites (N-methyl/N-ethyl adjacent to an activating group) is 1. The lowest BCUT2D eigenvalue weighted by Crippen LogP contribution is -2.48. The summed E-state index contributed by atoms with van der Waals surface area (Å²) in [6.07, 6.45) is 0. The molecule has 3 amide bonds. The second-order valence-corrected chi connectivity index (χ2v) is 7.94. The fourth-order valence-corrected chi connectivity index (χ4v) is 3.12. The van der Waals surface area contributed by atoms with E-state index in [9.17, 15) is 9.59 Å². The third-order valence-corrected chi connectivity index (χ3v) is 4.59. The Hall–Kier alpha value is -0.920. The first-order valence-electron chi connectivity index (χ1n) is 6.82. The molecule has 0 saturated heterocycles. The summed E-state index contributed by atoms with van der Waals surface area (Å²) in [5, 5.41) is 5.04. The first-order chi connectivity index (χ1) is 9.79. The van der Waals surface area contributed by atoms with Gasteiger partial charge in [-0.05, 0) is 48.0 Å². The van der Waals surface area contributed by atoms with Crippen molar-refractivity contribution in [1.82, 2.24) is 15.5 Å². The van der Waals surface area contributed by atoms with Crippen molar-refractivity contribution in [2.24, 2.45) is 5.92 Å². The number of carbonyl (C=O) groups excluding carboxylic acids is 2. The maximum Gasteiger partial charge on any atom is 0.321 e. The van der Waals surface area contributed by atoms with Gasteiger partial charge in [0, 0.05) is 18.0 Å². The maximum atomic E-state index is 12.0. The maximum absolute atomic E-state index is 12.0. The standard InChI is InChI=1S/C14H22BrN3O2S/c1-9(2)7-16-14(20)17-13(19)10(3)18(4)8-11-5-6-12(15)21-11/h5-6,9-10H,7-8H2,1-4H3,(H2,16,17,19,20). The minimum absolute atomic E-state index is 0.297. The SMILES string of the molecule is CC(C)CNC(=O)NC(=O)C(C)N(C)Cc1ccc(Br)s1.